The minimum Gasteiger partial charge on any atom is -0.334 e. The maximum absolute atomic E-state index is 12.3. The maximum atomic E-state index is 12.3. The summed E-state index contributed by atoms with van der Waals surface area (Å²) in [7, 11) is 0. The molecular weight excluding hydrogens is 198 g/mol. The molecule has 0 unspecified atom stereocenters. The molecule has 0 aliphatic rings. The molecule has 0 saturated heterocycles. The summed E-state index contributed by atoms with van der Waals surface area (Å²) >= 11 is 0. The zero-order valence-corrected chi connectivity index (χ0v) is 10.8. The molecular formula is C14H21NO. The van der Waals surface area contributed by atoms with Gasteiger partial charge in [0.1, 0.15) is 0 Å². The Morgan fingerprint density at radius 3 is 2.12 bits per heavy atom. The molecule has 0 N–H and O–H groups in total. The molecule has 0 aliphatic carbocycles. The van der Waals surface area contributed by atoms with Crippen LogP contribution in [0.2, 0.25) is 0 Å². The van der Waals surface area contributed by atoms with Crippen LogP contribution in [0, 0.1) is 6.92 Å². The molecule has 2 nitrogen and oxygen atoms in total. The predicted octanol–water partition coefficient (Wildman–Crippen LogP) is 3.25. The summed E-state index contributed by atoms with van der Waals surface area (Å²) in [5.41, 5.74) is 1.90. The monoisotopic (exact) mass is 219 g/mol. The van der Waals surface area contributed by atoms with Crippen molar-refractivity contribution in [1.82, 2.24) is 4.90 Å². The summed E-state index contributed by atoms with van der Waals surface area (Å²) in [4.78, 5) is 14.2. The number of benzene rings is 1. The Morgan fingerprint density at radius 2 is 1.69 bits per heavy atom. The zero-order valence-electron chi connectivity index (χ0n) is 10.8. The normalized spacial score (nSPS) is 10.9. The van der Waals surface area contributed by atoms with Crippen molar-refractivity contribution in [2.24, 2.45) is 0 Å². The van der Waals surface area contributed by atoms with Gasteiger partial charge in [-0.15, -0.1) is 0 Å². The van der Waals surface area contributed by atoms with Crippen molar-refractivity contribution in [2.45, 2.75) is 46.7 Å². The largest absolute Gasteiger partial charge is 0.334 e. The molecule has 0 atom stereocenters. The molecule has 1 amide bonds. The van der Waals surface area contributed by atoms with Crippen LogP contribution in [-0.4, -0.2) is 22.9 Å². The number of aryl methyl sites for hydroxylation is 1. The van der Waals surface area contributed by atoms with Gasteiger partial charge in [-0.1, -0.05) is 17.7 Å². The van der Waals surface area contributed by atoms with E-state index >= 15 is 0 Å². The van der Waals surface area contributed by atoms with Crippen LogP contribution in [0.4, 0.5) is 0 Å². The zero-order chi connectivity index (χ0) is 12.3. The standard InChI is InChI=1S/C14H21NO/c1-10(2)15(11(3)4)14(16)13-8-6-7-12(5)9-13/h6-11H,1-5H3. The van der Waals surface area contributed by atoms with Crippen molar-refractivity contribution in [1.29, 1.82) is 0 Å². The fourth-order valence-corrected chi connectivity index (χ4v) is 1.99. The first-order chi connectivity index (χ1) is 7.43. The Balaban J connectivity index is 2.99. The van der Waals surface area contributed by atoms with Gasteiger partial charge in [0, 0.05) is 17.6 Å². The van der Waals surface area contributed by atoms with E-state index in [4.69, 9.17) is 0 Å². The lowest BCUT2D eigenvalue weighted by Crippen LogP contribution is -2.42. The van der Waals surface area contributed by atoms with E-state index < -0.39 is 0 Å². The molecule has 88 valence electrons. The molecule has 0 radical (unpaired) electrons. The number of hydrogen-bond acceptors (Lipinski definition) is 1. The first kappa shape index (κ1) is 12.8. The topological polar surface area (TPSA) is 20.3 Å². The lowest BCUT2D eigenvalue weighted by atomic mass is 10.1. The Hall–Kier alpha value is -1.31. The summed E-state index contributed by atoms with van der Waals surface area (Å²) in [6, 6.07) is 8.22. The second-order valence-corrected chi connectivity index (χ2v) is 4.77. The van der Waals surface area contributed by atoms with Crippen LogP contribution in [0.1, 0.15) is 43.6 Å². The third-order valence-corrected chi connectivity index (χ3v) is 2.61. The van der Waals surface area contributed by atoms with Crippen molar-refractivity contribution >= 4 is 5.91 Å². The van der Waals surface area contributed by atoms with E-state index in [1.165, 1.54) is 0 Å². The SMILES string of the molecule is Cc1cccc(C(=O)N(C(C)C)C(C)C)c1. The second kappa shape index (κ2) is 5.15. The van der Waals surface area contributed by atoms with Crippen LogP contribution in [0.3, 0.4) is 0 Å². The smallest absolute Gasteiger partial charge is 0.254 e. The van der Waals surface area contributed by atoms with Crippen molar-refractivity contribution in [2.75, 3.05) is 0 Å². The van der Waals surface area contributed by atoms with E-state index in [0.717, 1.165) is 11.1 Å². The van der Waals surface area contributed by atoms with Gasteiger partial charge in [0.05, 0.1) is 0 Å². The average molecular weight is 219 g/mol. The van der Waals surface area contributed by atoms with Crippen LogP contribution < -0.4 is 0 Å². The van der Waals surface area contributed by atoms with E-state index in [9.17, 15) is 4.79 Å². The fourth-order valence-electron chi connectivity index (χ4n) is 1.99. The van der Waals surface area contributed by atoms with Gasteiger partial charge in [-0.2, -0.15) is 0 Å². The highest BCUT2D eigenvalue weighted by molar-refractivity contribution is 5.94. The summed E-state index contributed by atoms with van der Waals surface area (Å²) in [5, 5.41) is 0. The molecule has 0 fully saturated rings. The number of nitrogens with zero attached hydrogens (tertiary/aromatic N) is 1. The first-order valence-corrected chi connectivity index (χ1v) is 5.82. The van der Waals surface area contributed by atoms with E-state index in [2.05, 4.69) is 0 Å². The molecule has 0 bridgehead atoms. The Kier molecular flexibility index (Phi) is 4.11. The second-order valence-electron chi connectivity index (χ2n) is 4.77. The van der Waals surface area contributed by atoms with Crippen LogP contribution >= 0.6 is 0 Å². The van der Waals surface area contributed by atoms with Crippen molar-refractivity contribution in [3.63, 3.8) is 0 Å². The summed E-state index contributed by atoms with van der Waals surface area (Å²) in [6.07, 6.45) is 0. The molecule has 2 heteroatoms. The number of amides is 1. The van der Waals surface area contributed by atoms with Crippen LogP contribution in [0.15, 0.2) is 24.3 Å². The van der Waals surface area contributed by atoms with Gasteiger partial charge in [0.15, 0.2) is 0 Å². The van der Waals surface area contributed by atoms with Crippen LogP contribution in [0.5, 0.6) is 0 Å². The first-order valence-electron chi connectivity index (χ1n) is 5.82. The van der Waals surface area contributed by atoms with Gasteiger partial charge >= 0.3 is 0 Å². The molecule has 0 aliphatic heterocycles. The Morgan fingerprint density at radius 1 is 1.12 bits per heavy atom. The van der Waals surface area contributed by atoms with Gasteiger partial charge in [-0.05, 0) is 46.8 Å². The third kappa shape index (κ3) is 2.84. The maximum Gasteiger partial charge on any atom is 0.254 e. The van der Waals surface area contributed by atoms with Gasteiger partial charge < -0.3 is 4.90 Å². The average Bonchev–Trinajstić information content (AvgIpc) is 2.16. The highest BCUT2D eigenvalue weighted by Gasteiger charge is 2.21. The lowest BCUT2D eigenvalue weighted by molar-refractivity contribution is 0.0643. The summed E-state index contributed by atoms with van der Waals surface area (Å²) in [6.45, 7) is 10.2. The van der Waals surface area contributed by atoms with E-state index in [1.807, 2.05) is 63.8 Å². The number of carbonyl (C=O) groups is 1. The van der Waals surface area contributed by atoms with E-state index in [1.54, 1.807) is 0 Å². The molecule has 1 rings (SSSR count). The quantitative estimate of drug-likeness (QED) is 0.764. The third-order valence-electron chi connectivity index (χ3n) is 2.61. The van der Waals surface area contributed by atoms with Crippen molar-refractivity contribution in [3.05, 3.63) is 35.4 Å². The van der Waals surface area contributed by atoms with Gasteiger partial charge in [-0.3, -0.25) is 4.79 Å². The highest BCUT2D eigenvalue weighted by Crippen LogP contribution is 2.13. The van der Waals surface area contributed by atoms with Gasteiger partial charge in [0.2, 0.25) is 0 Å². The molecule has 0 aromatic heterocycles. The minimum atomic E-state index is 0.119. The van der Waals surface area contributed by atoms with Crippen LogP contribution in [-0.2, 0) is 0 Å². The number of hydrogen-bond donors (Lipinski definition) is 0. The molecule has 1 aromatic carbocycles. The molecule has 16 heavy (non-hydrogen) atoms. The summed E-state index contributed by atoms with van der Waals surface area (Å²) in [5.74, 6) is 0.119. The fraction of sp³-hybridized carbons (Fsp3) is 0.500. The van der Waals surface area contributed by atoms with Gasteiger partial charge in [-0.25, -0.2) is 0 Å². The van der Waals surface area contributed by atoms with E-state index in [0.29, 0.717) is 0 Å². The Bertz CT molecular complexity index is 361. The van der Waals surface area contributed by atoms with Gasteiger partial charge in [0.25, 0.3) is 5.91 Å². The summed E-state index contributed by atoms with van der Waals surface area (Å²) < 4.78 is 0. The molecule has 0 saturated carbocycles. The van der Waals surface area contributed by atoms with Crippen molar-refractivity contribution < 1.29 is 4.79 Å². The molecule has 1 aromatic rings. The van der Waals surface area contributed by atoms with E-state index in [-0.39, 0.29) is 18.0 Å². The lowest BCUT2D eigenvalue weighted by Gasteiger charge is -2.30. The van der Waals surface area contributed by atoms with Crippen LogP contribution in [0.25, 0.3) is 0 Å². The minimum absolute atomic E-state index is 0.119. The number of carbonyl (C=O) groups excluding carboxylic acids is 1. The van der Waals surface area contributed by atoms with Crippen molar-refractivity contribution in [3.8, 4) is 0 Å². The Labute approximate surface area is 98.3 Å². The molecule has 0 heterocycles. The molecule has 0 spiro atoms. The highest BCUT2D eigenvalue weighted by atomic mass is 16.2. The number of rotatable bonds is 3. The predicted molar refractivity (Wildman–Crippen MR) is 67.6 cm³/mol.